The highest BCUT2D eigenvalue weighted by Crippen LogP contribution is 2.39. The van der Waals surface area contributed by atoms with Gasteiger partial charge in [0.15, 0.2) is 5.71 Å². The van der Waals surface area contributed by atoms with Gasteiger partial charge in [-0.1, -0.05) is 19.0 Å². The maximum Gasteiger partial charge on any atom is 0.332 e. The van der Waals surface area contributed by atoms with Crippen LogP contribution in [0.2, 0.25) is 0 Å². The van der Waals surface area contributed by atoms with Crippen molar-refractivity contribution >= 4 is 34.3 Å². The van der Waals surface area contributed by atoms with Gasteiger partial charge in [-0.3, -0.25) is 14.9 Å². The lowest BCUT2D eigenvalue weighted by Crippen LogP contribution is -2.33. The largest absolute Gasteiger partial charge is 0.346 e. The number of anilines is 1. The molecule has 158 valence electrons. The average molecular weight is 413 g/mol. The Hall–Kier alpha value is -3.56. The standard InChI is InChI=1S/C20H23N5O5/c1-12(26)30-24-16(10-13-11-20(2,3)7-4-17(13)25(28)29)19(27)23-15-6-9-22-18-14(15)5-8-21-18/h5-6,8-10,17H,4,7,11H2,1-3H3,(H2,21,22,23,27)/b13-10+,24-16+. The smallest absolute Gasteiger partial charge is 0.332 e. The van der Waals surface area contributed by atoms with Crippen LogP contribution in [0.4, 0.5) is 5.69 Å². The molecular formula is C20H23N5O5. The lowest BCUT2D eigenvalue weighted by Gasteiger charge is -2.32. The number of H-pyrrole nitrogens is 1. The summed E-state index contributed by atoms with van der Waals surface area (Å²) in [5.74, 6) is -1.35. The van der Waals surface area contributed by atoms with E-state index in [9.17, 15) is 19.7 Å². The number of fused-ring (bicyclic) bond motifs is 1. The molecule has 30 heavy (non-hydrogen) atoms. The van der Waals surface area contributed by atoms with Crippen molar-refractivity contribution in [3.63, 3.8) is 0 Å². The van der Waals surface area contributed by atoms with Crippen LogP contribution in [0, 0.1) is 15.5 Å². The fourth-order valence-electron chi connectivity index (χ4n) is 3.54. The fraction of sp³-hybridized carbons (Fsp3) is 0.400. The van der Waals surface area contributed by atoms with Gasteiger partial charge in [-0.2, -0.15) is 0 Å². The van der Waals surface area contributed by atoms with Crippen molar-refractivity contribution in [2.75, 3.05) is 5.32 Å². The predicted octanol–water partition coefficient (Wildman–Crippen LogP) is 3.20. The Labute approximate surface area is 172 Å². The van der Waals surface area contributed by atoms with Crippen molar-refractivity contribution in [1.82, 2.24) is 9.97 Å². The number of pyridine rings is 1. The number of rotatable bonds is 5. The van der Waals surface area contributed by atoms with Crippen molar-refractivity contribution in [3.8, 4) is 0 Å². The molecule has 1 atom stereocenters. The van der Waals surface area contributed by atoms with Gasteiger partial charge in [0.25, 0.3) is 5.91 Å². The summed E-state index contributed by atoms with van der Waals surface area (Å²) in [6.07, 6.45) is 6.07. The van der Waals surface area contributed by atoms with E-state index in [1.165, 1.54) is 12.3 Å². The number of hydrogen-bond donors (Lipinski definition) is 2. The maximum atomic E-state index is 12.9. The molecule has 1 fully saturated rings. The molecule has 0 bridgehead atoms. The van der Waals surface area contributed by atoms with Gasteiger partial charge in [-0.15, -0.1) is 0 Å². The van der Waals surface area contributed by atoms with Crippen LogP contribution in [0.25, 0.3) is 11.0 Å². The number of oxime groups is 1. The molecule has 2 aromatic rings. The number of hydrogen-bond acceptors (Lipinski definition) is 7. The summed E-state index contributed by atoms with van der Waals surface area (Å²) >= 11 is 0. The van der Waals surface area contributed by atoms with E-state index in [2.05, 4.69) is 25.3 Å². The first-order valence-electron chi connectivity index (χ1n) is 9.49. The first kappa shape index (κ1) is 21.2. The second-order valence-corrected chi connectivity index (χ2v) is 8.01. The number of aromatic nitrogens is 2. The van der Waals surface area contributed by atoms with Gasteiger partial charge < -0.3 is 15.1 Å². The molecule has 10 heteroatoms. The molecule has 0 saturated heterocycles. The van der Waals surface area contributed by atoms with E-state index >= 15 is 0 Å². The summed E-state index contributed by atoms with van der Waals surface area (Å²) < 4.78 is 0. The van der Waals surface area contributed by atoms with Crippen molar-refractivity contribution in [1.29, 1.82) is 0 Å². The van der Waals surface area contributed by atoms with Crippen molar-refractivity contribution in [3.05, 3.63) is 46.3 Å². The van der Waals surface area contributed by atoms with Crippen LogP contribution >= 0.6 is 0 Å². The third-order valence-corrected chi connectivity index (χ3v) is 5.00. The Morgan fingerprint density at radius 2 is 2.20 bits per heavy atom. The molecule has 0 aromatic carbocycles. The Kier molecular flexibility index (Phi) is 5.95. The quantitative estimate of drug-likeness (QED) is 0.334. The Morgan fingerprint density at radius 3 is 2.90 bits per heavy atom. The van der Waals surface area contributed by atoms with Gasteiger partial charge in [-0.25, -0.2) is 9.78 Å². The van der Waals surface area contributed by atoms with Crippen LogP contribution in [0.3, 0.4) is 0 Å². The van der Waals surface area contributed by atoms with E-state index in [-0.39, 0.29) is 16.0 Å². The fourth-order valence-corrected chi connectivity index (χ4v) is 3.54. The molecule has 2 aromatic heterocycles. The number of carbonyl (C=O) groups is 2. The molecule has 0 radical (unpaired) electrons. The van der Waals surface area contributed by atoms with Crippen LogP contribution in [-0.2, 0) is 14.4 Å². The number of aromatic amines is 1. The highest BCUT2D eigenvalue weighted by Gasteiger charge is 2.37. The molecule has 1 aliphatic rings. The number of nitrogens with one attached hydrogen (secondary N) is 2. The normalized spacial score (nSPS) is 20.2. The van der Waals surface area contributed by atoms with Crippen LogP contribution < -0.4 is 5.32 Å². The maximum absolute atomic E-state index is 12.9. The van der Waals surface area contributed by atoms with E-state index < -0.39 is 17.9 Å². The minimum atomic E-state index is -0.911. The summed E-state index contributed by atoms with van der Waals surface area (Å²) in [5, 5.41) is 18.6. The SMILES string of the molecule is CC(=O)O/N=C(\C=C1/CC(C)(C)CCC1[N+](=O)[O-])C(=O)Nc1ccnc2[nH]ccc12. The van der Waals surface area contributed by atoms with Crippen molar-refractivity contribution < 1.29 is 19.3 Å². The number of amides is 1. The summed E-state index contributed by atoms with van der Waals surface area (Å²) in [6, 6.07) is 2.46. The molecule has 1 unspecified atom stereocenters. The Balaban J connectivity index is 1.95. The molecule has 2 N–H and O–H groups in total. The Morgan fingerprint density at radius 1 is 1.43 bits per heavy atom. The predicted molar refractivity (Wildman–Crippen MR) is 110 cm³/mol. The molecule has 10 nitrogen and oxygen atoms in total. The molecule has 2 heterocycles. The minimum Gasteiger partial charge on any atom is -0.346 e. The molecule has 1 aliphatic carbocycles. The van der Waals surface area contributed by atoms with Crippen LogP contribution in [0.1, 0.15) is 40.0 Å². The van der Waals surface area contributed by atoms with Gasteiger partial charge in [-0.05, 0) is 36.5 Å². The lowest BCUT2D eigenvalue weighted by atomic mass is 9.72. The zero-order valence-corrected chi connectivity index (χ0v) is 17.0. The highest BCUT2D eigenvalue weighted by atomic mass is 16.7. The minimum absolute atomic E-state index is 0.149. The summed E-state index contributed by atoms with van der Waals surface area (Å²) in [7, 11) is 0. The van der Waals surface area contributed by atoms with E-state index in [1.807, 2.05) is 13.8 Å². The second-order valence-electron chi connectivity index (χ2n) is 8.01. The monoisotopic (exact) mass is 413 g/mol. The molecule has 3 rings (SSSR count). The van der Waals surface area contributed by atoms with E-state index in [0.717, 1.165) is 6.92 Å². The van der Waals surface area contributed by atoms with E-state index in [4.69, 9.17) is 0 Å². The summed E-state index contributed by atoms with van der Waals surface area (Å²) in [6.45, 7) is 5.18. The highest BCUT2D eigenvalue weighted by molar-refractivity contribution is 6.47. The molecule has 0 spiro atoms. The van der Waals surface area contributed by atoms with Gasteiger partial charge in [0.1, 0.15) is 5.65 Å². The van der Waals surface area contributed by atoms with Crippen LogP contribution in [0.5, 0.6) is 0 Å². The first-order valence-corrected chi connectivity index (χ1v) is 9.49. The van der Waals surface area contributed by atoms with Crippen LogP contribution in [0.15, 0.2) is 41.3 Å². The third kappa shape index (κ3) is 4.88. The van der Waals surface area contributed by atoms with E-state index in [0.29, 0.717) is 41.6 Å². The molecular weight excluding hydrogens is 390 g/mol. The molecule has 1 amide bonds. The summed E-state index contributed by atoms with van der Waals surface area (Å²) in [4.78, 5) is 47.1. The van der Waals surface area contributed by atoms with Gasteiger partial charge in [0, 0.05) is 41.6 Å². The number of carbonyl (C=O) groups excluding carboxylic acids is 2. The zero-order valence-electron chi connectivity index (χ0n) is 17.0. The molecule has 0 aliphatic heterocycles. The lowest BCUT2D eigenvalue weighted by molar-refractivity contribution is -0.515. The van der Waals surface area contributed by atoms with Crippen molar-refractivity contribution in [2.24, 2.45) is 10.6 Å². The van der Waals surface area contributed by atoms with Gasteiger partial charge >= 0.3 is 5.97 Å². The van der Waals surface area contributed by atoms with Crippen LogP contribution in [-0.4, -0.2) is 38.5 Å². The average Bonchev–Trinajstić information content (AvgIpc) is 3.13. The Bertz CT molecular complexity index is 1050. The third-order valence-electron chi connectivity index (χ3n) is 5.00. The zero-order chi connectivity index (χ0) is 21.9. The van der Waals surface area contributed by atoms with Gasteiger partial charge in [0.2, 0.25) is 6.04 Å². The molecule has 1 saturated carbocycles. The topological polar surface area (TPSA) is 140 Å². The van der Waals surface area contributed by atoms with E-state index in [1.54, 1.807) is 18.3 Å². The van der Waals surface area contributed by atoms with Crippen molar-refractivity contribution in [2.45, 2.75) is 46.1 Å². The van der Waals surface area contributed by atoms with Gasteiger partial charge in [0.05, 0.1) is 5.69 Å². The summed E-state index contributed by atoms with van der Waals surface area (Å²) in [5.41, 5.74) is 1.18. The second kappa shape index (κ2) is 8.44. The number of nitro groups is 1. The number of nitrogens with zero attached hydrogens (tertiary/aromatic N) is 3. The first-order chi connectivity index (χ1) is 14.2.